The molecule has 1 fully saturated rings. The molecule has 1 saturated heterocycles. The van der Waals surface area contributed by atoms with E-state index in [1.807, 2.05) is 4.57 Å². The Morgan fingerprint density at radius 2 is 1.94 bits per heavy atom. The number of hydrogen-bond acceptors (Lipinski definition) is 7. The number of ether oxygens (including phenoxy) is 1. The van der Waals surface area contributed by atoms with Crippen molar-refractivity contribution in [2.24, 2.45) is 7.05 Å². The fraction of sp³-hybridized carbons (Fsp3) is 0.474. The molecule has 1 aliphatic heterocycles. The first-order valence-corrected chi connectivity index (χ1v) is 12.9. The molecule has 0 radical (unpaired) electrons. The zero-order chi connectivity index (χ0) is 23.1. The first-order valence-electron chi connectivity index (χ1n) is 9.55. The number of sulfonamides is 1. The number of rotatable bonds is 7. The molecule has 0 aliphatic carbocycles. The van der Waals surface area contributed by atoms with Crippen LogP contribution in [0.3, 0.4) is 0 Å². The Morgan fingerprint density at radius 1 is 1.26 bits per heavy atom. The molecule has 2 aromatic heterocycles. The number of hydrogen-bond donors (Lipinski definition) is 1. The molecule has 10 nitrogen and oxygen atoms in total. The van der Waals surface area contributed by atoms with E-state index in [4.69, 9.17) is 4.74 Å². The first kappa shape index (κ1) is 23.2. The van der Waals surface area contributed by atoms with E-state index in [9.17, 15) is 26.4 Å². The Kier molecular flexibility index (Phi) is 6.18. The summed E-state index contributed by atoms with van der Waals surface area (Å²) in [7, 11) is -4.05. The molecule has 1 unspecified atom stereocenters. The normalized spacial score (nSPS) is 18.3. The van der Waals surface area contributed by atoms with Crippen LogP contribution in [0.2, 0.25) is 0 Å². The fourth-order valence-corrected chi connectivity index (χ4v) is 6.38. The summed E-state index contributed by atoms with van der Waals surface area (Å²) in [6.07, 6.45) is 1.76. The van der Waals surface area contributed by atoms with E-state index in [0.717, 1.165) is 5.69 Å². The Morgan fingerprint density at radius 3 is 2.52 bits per heavy atom. The maximum absolute atomic E-state index is 12.7. The van der Waals surface area contributed by atoms with E-state index in [2.05, 4.69) is 4.72 Å². The van der Waals surface area contributed by atoms with Gasteiger partial charge in [0, 0.05) is 36.2 Å². The van der Waals surface area contributed by atoms with Crippen molar-refractivity contribution >= 4 is 31.6 Å². The summed E-state index contributed by atoms with van der Waals surface area (Å²) in [5, 5.41) is 0. The van der Waals surface area contributed by atoms with Gasteiger partial charge in [-0.3, -0.25) is 4.79 Å². The predicted molar refractivity (Wildman–Crippen MR) is 112 cm³/mol. The molecule has 1 aliphatic rings. The van der Waals surface area contributed by atoms with Gasteiger partial charge in [-0.1, -0.05) is 0 Å². The van der Waals surface area contributed by atoms with Crippen LogP contribution in [0.15, 0.2) is 23.2 Å². The third-order valence-corrected chi connectivity index (χ3v) is 8.59. The molecular weight excluding hydrogens is 446 g/mol. The van der Waals surface area contributed by atoms with Gasteiger partial charge in [-0.05, 0) is 39.4 Å². The highest BCUT2D eigenvalue weighted by atomic mass is 32.2. The Balaban J connectivity index is 1.73. The summed E-state index contributed by atoms with van der Waals surface area (Å²) in [4.78, 5) is 25.0. The summed E-state index contributed by atoms with van der Waals surface area (Å²) < 4.78 is 57.9. The molecule has 170 valence electrons. The number of nitrogens with one attached hydrogen (secondary N) is 1. The quantitative estimate of drug-likeness (QED) is 0.465. The lowest BCUT2D eigenvalue weighted by molar-refractivity contribution is 0.0465. The number of ketones is 1. The van der Waals surface area contributed by atoms with E-state index >= 15 is 0 Å². The molecule has 3 heterocycles. The van der Waals surface area contributed by atoms with E-state index in [1.54, 1.807) is 19.9 Å². The molecule has 0 aromatic carbocycles. The van der Waals surface area contributed by atoms with Crippen molar-refractivity contribution < 1.29 is 31.2 Å². The maximum Gasteiger partial charge on any atom is 0.355 e. The van der Waals surface area contributed by atoms with Crippen LogP contribution in [0.5, 0.6) is 0 Å². The lowest BCUT2D eigenvalue weighted by atomic mass is 10.1. The number of sulfone groups is 1. The molecule has 2 aromatic rings. The molecule has 3 rings (SSSR count). The average molecular weight is 472 g/mol. The zero-order valence-corrected chi connectivity index (χ0v) is 19.3. The first-order chi connectivity index (χ1) is 14.4. The largest absolute Gasteiger partial charge is 0.453 e. The standard InChI is InChI=1S/C19H25N3O7S2/c1-12-7-16(13(2)22(12)14-5-6-30(25,26)11-14)18(23)10-29-19(24)17-8-15(9-21(17)4)31(27,28)20-3/h7-9,14,20H,5-6,10-11H2,1-4H3. The highest BCUT2D eigenvalue weighted by Gasteiger charge is 2.32. The molecule has 1 N–H and O–H groups in total. The second-order valence-electron chi connectivity index (χ2n) is 7.59. The molecular formula is C19H25N3O7S2. The summed E-state index contributed by atoms with van der Waals surface area (Å²) in [5.74, 6) is -1.09. The van der Waals surface area contributed by atoms with Gasteiger partial charge in [-0.2, -0.15) is 0 Å². The lowest BCUT2D eigenvalue weighted by Crippen LogP contribution is -2.18. The van der Waals surface area contributed by atoms with Crippen molar-refractivity contribution in [3.63, 3.8) is 0 Å². The number of carbonyl (C=O) groups is 2. The highest BCUT2D eigenvalue weighted by molar-refractivity contribution is 7.91. The number of nitrogens with zero attached hydrogens (tertiary/aromatic N) is 2. The van der Waals surface area contributed by atoms with Gasteiger partial charge in [0.15, 0.2) is 16.4 Å². The van der Waals surface area contributed by atoms with Gasteiger partial charge in [0.2, 0.25) is 15.8 Å². The van der Waals surface area contributed by atoms with Crippen LogP contribution in [0.4, 0.5) is 0 Å². The van der Waals surface area contributed by atoms with Gasteiger partial charge in [-0.25, -0.2) is 26.4 Å². The minimum atomic E-state index is -3.72. The molecule has 12 heteroatoms. The average Bonchev–Trinajstić information content (AvgIpc) is 3.34. The summed E-state index contributed by atoms with van der Waals surface area (Å²) in [6, 6.07) is 2.62. The Labute approximate surface area is 181 Å². The third-order valence-electron chi connectivity index (χ3n) is 5.46. The van der Waals surface area contributed by atoms with E-state index < -0.39 is 38.2 Å². The fourth-order valence-electron chi connectivity index (χ4n) is 3.89. The van der Waals surface area contributed by atoms with Crippen LogP contribution in [-0.4, -0.2) is 62.9 Å². The molecule has 0 saturated carbocycles. The van der Waals surface area contributed by atoms with Gasteiger partial charge in [0.05, 0.1) is 11.5 Å². The Bertz CT molecular complexity index is 1250. The maximum atomic E-state index is 12.7. The zero-order valence-electron chi connectivity index (χ0n) is 17.7. The van der Waals surface area contributed by atoms with Crippen molar-refractivity contribution in [3.8, 4) is 0 Å². The summed E-state index contributed by atoms with van der Waals surface area (Å²) >= 11 is 0. The summed E-state index contributed by atoms with van der Waals surface area (Å²) in [6.45, 7) is 3.01. The van der Waals surface area contributed by atoms with Crippen LogP contribution < -0.4 is 4.72 Å². The molecule has 31 heavy (non-hydrogen) atoms. The van der Waals surface area contributed by atoms with Crippen molar-refractivity contribution in [1.82, 2.24) is 13.9 Å². The van der Waals surface area contributed by atoms with E-state index in [-0.39, 0.29) is 28.1 Å². The minimum Gasteiger partial charge on any atom is -0.453 e. The van der Waals surface area contributed by atoms with Crippen molar-refractivity contribution in [2.45, 2.75) is 31.2 Å². The number of Topliss-reactive ketones (excluding diaryl/α,β-unsaturated/α-hetero) is 1. The van der Waals surface area contributed by atoms with Gasteiger partial charge < -0.3 is 13.9 Å². The molecule has 0 amide bonds. The van der Waals surface area contributed by atoms with Crippen LogP contribution in [0.1, 0.15) is 44.7 Å². The monoisotopic (exact) mass is 471 g/mol. The van der Waals surface area contributed by atoms with Crippen LogP contribution >= 0.6 is 0 Å². The SMILES string of the molecule is CNS(=O)(=O)c1cc(C(=O)OCC(=O)c2cc(C)n(C3CCS(=O)(=O)C3)c2C)n(C)c1. The van der Waals surface area contributed by atoms with Crippen LogP contribution in [0, 0.1) is 13.8 Å². The van der Waals surface area contributed by atoms with Gasteiger partial charge in [-0.15, -0.1) is 0 Å². The number of aromatic nitrogens is 2. The number of carbonyl (C=O) groups excluding carboxylic acids is 2. The van der Waals surface area contributed by atoms with Gasteiger partial charge >= 0.3 is 5.97 Å². The highest BCUT2D eigenvalue weighted by Crippen LogP contribution is 2.29. The van der Waals surface area contributed by atoms with Crippen LogP contribution in [-0.2, 0) is 31.6 Å². The molecule has 1 atom stereocenters. The third kappa shape index (κ3) is 4.60. The smallest absolute Gasteiger partial charge is 0.355 e. The predicted octanol–water partition coefficient (Wildman–Crippen LogP) is 0.751. The summed E-state index contributed by atoms with van der Waals surface area (Å²) in [5.41, 5.74) is 1.74. The number of esters is 1. The Hall–Kier alpha value is -2.44. The van der Waals surface area contributed by atoms with Crippen LogP contribution in [0.25, 0.3) is 0 Å². The van der Waals surface area contributed by atoms with Crippen molar-refractivity contribution in [2.75, 3.05) is 25.2 Å². The number of aryl methyl sites for hydroxylation is 2. The van der Waals surface area contributed by atoms with Crippen molar-refractivity contribution in [1.29, 1.82) is 0 Å². The van der Waals surface area contributed by atoms with Gasteiger partial charge in [0.25, 0.3) is 0 Å². The van der Waals surface area contributed by atoms with E-state index in [0.29, 0.717) is 17.7 Å². The second-order valence-corrected chi connectivity index (χ2v) is 11.7. The minimum absolute atomic E-state index is 0.0109. The van der Waals surface area contributed by atoms with Gasteiger partial charge in [0.1, 0.15) is 10.6 Å². The second kappa shape index (κ2) is 8.24. The molecule has 0 bridgehead atoms. The van der Waals surface area contributed by atoms with Crippen molar-refractivity contribution in [3.05, 3.63) is 41.0 Å². The lowest BCUT2D eigenvalue weighted by Gasteiger charge is -2.16. The topological polar surface area (TPSA) is 134 Å². The molecule has 0 spiro atoms. The van der Waals surface area contributed by atoms with E-state index in [1.165, 1.54) is 30.9 Å².